The predicted molar refractivity (Wildman–Crippen MR) is 90.8 cm³/mol. The molecule has 110 valence electrons. The largest absolute Gasteiger partial charge is 0.263 e. The second-order valence-electron chi connectivity index (χ2n) is 5.62. The molecule has 0 spiro atoms. The molecule has 3 rings (SSSR count). The molecule has 2 aliphatic rings. The molecule has 1 atom stereocenters. The molecule has 2 aliphatic heterocycles. The standard InChI is InChI=1S/C17H20BrN3/c1-4-16-15(10-13-5-7-14(18)8-6-13)17-19-11(2)9-12(3)21(17)20-16/h5-9,16,20H,4,10H2,1-3H3. The Balaban J connectivity index is 1.97. The maximum Gasteiger partial charge on any atom is 0.148 e. The summed E-state index contributed by atoms with van der Waals surface area (Å²) < 4.78 is 1.12. The van der Waals surface area contributed by atoms with Gasteiger partial charge in [-0.15, -0.1) is 0 Å². The molecule has 0 radical (unpaired) electrons. The minimum Gasteiger partial charge on any atom is -0.263 e. The van der Waals surface area contributed by atoms with Gasteiger partial charge in [0.25, 0.3) is 0 Å². The van der Waals surface area contributed by atoms with Crippen molar-refractivity contribution in [2.24, 2.45) is 4.99 Å². The number of nitrogens with one attached hydrogen (secondary N) is 1. The smallest absolute Gasteiger partial charge is 0.148 e. The summed E-state index contributed by atoms with van der Waals surface area (Å²) in [6.07, 6.45) is 4.12. The van der Waals surface area contributed by atoms with E-state index in [4.69, 9.17) is 4.99 Å². The molecule has 4 heteroatoms. The van der Waals surface area contributed by atoms with Gasteiger partial charge in [0.2, 0.25) is 0 Å². The Bertz CT molecular complexity index is 641. The van der Waals surface area contributed by atoms with Crippen LogP contribution in [0.1, 0.15) is 32.8 Å². The van der Waals surface area contributed by atoms with Crippen molar-refractivity contribution in [3.63, 3.8) is 0 Å². The zero-order chi connectivity index (χ0) is 15.0. The van der Waals surface area contributed by atoms with Gasteiger partial charge in [0.1, 0.15) is 5.82 Å². The summed E-state index contributed by atoms with van der Waals surface area (Å²) in [5.74, 6) is 1.09. The number of hydrazine groups is 1. The number of hydrogen-bond donors (Lipinski definition) is 1. The highest BCUT2D eigenvalue weighted by molar-refractivity contribution is 9.10. The molecule has 0 fully saturated rings. The van der Waals surface area contributed by atoms with Crippen molar-refractivity contribution in [2.75, 3.05) is 0 Å². The molecule has 1 unspecified atom stereocenters. The highest BCUT2D eigenvalue weighted by Gasteiger charge is 2.32. The lowest BCUT2D eigenvalue weighted by Crippen LogP contribution is -2.37. The highest BCUT2D eigenvalue weighted by Crippen LogP contribution is 2.32. The van der Waals surface area contributed by atoms with Crippen LogP contribution >= 0.6 is 15.9 Å². The van der Waals surface area contributed by atoms with Crippen LogP contribution in [-0.2, 0) is 6.42 Å². The van der Waals surface area contributed by atoms with E-state index in [0.717, 1.165) is 28.8 Å². The topological polar surface area (TPSA) is 27.6 Å². The van der Waals surface area contributed by atoms with Gasteiger partial charge in [-0.1, -0.05) is 35.0 Å². The van der Waals surface area contributed by atoms with Gasteiger partial charge in [0.15, 0.2) is 0 Å². The van der Waals surface area contributed by atoms with Crippen molar-refractivity contribution in [1.29, 1.82) is 0 Å². The zero-order valence-corrected chi connectivity index (χ0v) is 14.2. The predicted octanol–water partition coefficient (Wildman–Crippen LogP) is 4.18. The maximum atomic E-state index is 4.76. The fourth-order valence-corrected chi connectivity index (χ4v) is 3.18. The summed E-state index contributed by atoms with van der Waals surface area (Å²) in [5.41, 5.74) is 8.56. The van der Waals surface area contributed by atoms with E-state index in [-0.39, 0.29) is 0 Å². The third-order valence-electron chi connectivity index (χ3n) is 3.97. The van der Waals surface area contributed by atoms with Crippen molar-refractivity contribution < 1.29 is 0 Å². The second-order valence-corrected chi connectivity index (χ2v) is 6.53. The molecular weight excluding hydrogens is 326 g/mol. The number of hydrogen-bond acceptors (Lipinski definition) is 3. The Morgan fingerprint density at radius 1 is 1.24 bits per heavy atom. The number of rotatable bonds is 3. The summed E-state index contributed by atoms with van der Waals surface area (Å²) in [6, 6.07) is 8.91. The molecule has 21 heavy (non-hydrogen) atoms. The monoisotopic (exact) mass is 345 g/mol. The van der Waals surface area contributed by atoms with E-state index in [1.54, 1.807) is 0 Å². The van der Waals surface area contributed by atoms with Crippen LogP contribution in [0, 0.1) is 0 Å². The third kappa shape index (κ3) is 2.83. The van der Waals surface area contributed by atoms with Crippen LogP contribution in [0.4, 0.5) is 0 Å². The number of allylic oxidation sites excluding steroid dienone is 2. The lowest BCUT2D eigenvalue weighted by Gasteiger charge is -2.25. The number of aliphatic imine (C=N–C) groups is 1. The van der Waals surface area contributed by atoms with Crippen LogP contribution in [0.3, 0.4) is 0 Å². The fraction of sp³-hybridized carbons (Fsp3) is 0.353. The van der Waals surface area contributed by atoms with Crippen molar-refractivity contribution in [3.8, 4) is 0 Å². The van der Waals surface area contributed by atoms with Gasteiger partial charge in [-0.05, 0) is 56.0 Å². The number of fused-ring (bicyclic) bond motifs is 1. The zero-order valence-electron chi connectivity index (χ0n) is 12.7. The first-order valence-electron chi connectivity index (χ1n) is 7.36. The number of halogens is 1. The molecule has 1 aromatic carbocycles. The first kappa shape index (κ1) is 14.5. The number of nitrogens with zero attached hydrogens (tertiary/aromatic N) is 2. The van der Waals surface area contributed by atoms with E-state index in [1.807, 2.05) is 0 Å². The normalized spacial score (nSPS) is 21.3. The second kappa shape index (κ2) is 5.78. The number of benzene rings is 1. The van der Waals surface area contributed by atoms with E-state index in [1.165, 1.54) is 16.8 Å². The summed E-state index contributed by atoms with van der Waals surface area (Å²) in [7, 11) is 0. The van der Waals surface area contributed by atoms with Crippen LogP contribution in [-0.4, -0.2) is 16.8 Å². The van der Waals surface area contributed by atoms with Crippen LogP contribution in [0.25, 0.3) is 0 Å². The molecule has 0 saturated heterocycles. The van der Waals surface area contributed by atoms with Crippen molar-refractivity contribution >= 4 is 21.6 Å². The minimum absolute atomic E-state index is 0.363. The van der Waals surface area contributed by atoms with Gasteiger partial charge in [-0.2, -0.15) is 0 Å². The average molecular weight is 346 g/mol. The van der Waals surface area contributed by atoms with E-state index in [0.29, 0.717) is 6.04 Å². The molecule has 1 aromatic rings. The summed E-state index contributed by atoms with van der Waals surface area (Å²) in [4.78, 5) is 4.76. The molecule has 3 nitrogen and oxygen atoms in total. The molecule has 2 heterocycles. The molecule has 0 saturated carbocycles. The molecule has 0 bridgehead atoms. The fourth-order valence-electron chi connectivity index (χ4n) is 2.91. The quantitative estimate of drug-likeness (QED) is 0.889. The summed E-state index contributed by atoms with van der Waals surface area (Å²) >= 11 is 3.49. The van der Waals surface area contributed by atoms with Crippen molar-refractivity contribution in [1.82, 2.24) is 10.4 Å². The first-order chi connectivity index (χ1) is 10.1. The van der Waals surface area contributed by atoms with Crippen LogP contribution in [0.15, 0.2) is 56.9 Å². The van der Waals surface area contributed by atoms with Gasteiger partial charge in [0.05, 0.1) is 6.04 Å². The Labute approximate surface area is 134 Å². The van der Waals surface area contributed by atoms with Gasteiger partial charge in [-0.25, -0.2) is 10.4 Å². The van der Waals surface area contributed by atoms with Gasteiger partial charge in [0, 0.05) is 15.9 Å². The molecule has 0 amide bonds. The van der Waals surface area contributed by atoms with Crippen LogP contribution in [0.5, 0.6) is 0 Å². The Hall–Kier alpha value is -1.39. The maximum absolute atomic E-state index is 4.76. The lowest BCUT2D eigenvalue weighted by molar-refractivity contribution is 0.309. The molecule has 1 N–H and O–H groups in total. The highest BCUT2D eigenvalue weighted by atomic mass is 79.9. The van der Waals surface area contributed by atoms with Crippen LogP contribution in [0.2, 0.25) is 0 Å². The minimum atomic E-state index is 0.363. The van der Waals surface area contributed by atoms with Crippen LogP contribution < -0.4 is 5.43 Å². The van der Waals surface area contributed by atoms with E-state index >= 15 is 0 Å². The van der Waals surface area contributed by atoms with Gasteiger partial charge >= 0.3 is 0 Å². The third-order valence-corrected chi connectivity index (χ3v) is 4.50. The Morgan fingerprint density at radius 3 is 2.62 bits per heavy atom. The van der Waals surface area contributed by atoms with Gasteiger partial charge in [-0.3, -0.25) is 5.01 Å². The van der Waals surface area contributed by atoms with Crippen molar-refractivity contribution in [3.05, 3.63) is 57.5 Å². The average Bonchev–Trinajstić information content (AvgIpc) is 2.80. The SMILES string of the molecule is CCC1NN2C(C)=CC(C)=NC2=C1Cc1ccc(Br)cc1. The molecular formula is C17H20BrN3. The van der Waals surface area contributed by atoms with Gasteiger partial charge < -0.3 is 0 Å². The van der Waals surface area contributed by atoms with Crippen molar-refractivity contribution in [2.45, 2.75) is 39.7 Å². The first-order valence-corrected chi connectivity index (χ1v) is 8.15. The summed E-state index contributed by atoms with van der Waals surface area (Å²) in [6.45, 7) is 6.40. The Kier molecular flexibility index (Phi) is 4.00. The van der Waals surface area contributed by atoms with E-state index < -0.39 is 0 Å². The molecule has 0 aromatic heterocycles. The lowest BCUT2D eigenvalue weighted by atomic mass is 9.98. The van der Waals surface area contributed by atoms with E-state index in [2.05, 4.69) is 77.5 Å². The van der Waals surface area contributed by atoms with E-state index in [9.17, 15) is 0 Å². The Morgan fingerprint density at radius 2 is 1.95 bits per heavy atom. The molecule has 0 aliphatic carbocycles. The summed E-state index contributed by atoms with van der Waals surface area (Å²) in [5, 5.41) is 2.13.